The molecule has 0 bridgehead atoms. The van der Waals surface area contributed by atoms with Crippen LogP contribution in [-0.2, 0) is 6.54 Å². The first kappa shape index (κ1) is 13.8. The third-order valence-electron chi connectivity index (χ3n) is 4.26. The van der Waals surface area contributed by atoms with Crippen molar-refractivity contribution < 1.29 is 0 Å². The van der Waals surface area contributed by atoms with E-state index in [-0.39, 0.29) is 0 Å². The Morgan fingerprint density at radius 3 is 2.75 bits per heavy atom. The molecule has 1 aromatic heterocycles. The summed E-state index contributed by atoms with van der Waals surface area (Å²) in [5, 5.41) is 5.28. The number of hydrogen-bond acceptors (Lipinski definition) is 2. The van der Waals surface area contributed by atoms with E-state index in [4.69, 9.17) is 11.6 Å². The highest BCUT2D eigenvalue weighted by atomic mass is 35.5. The van der Waals surface area contributed by atoms with Crippen LogP contribution in [-0.4, -0.2) is 16.9 Å². The van der Waals surface area contributed by atoms with Crippen molar-refractivity contribution in [1.82, 2.24) is 10.3 Å². The van der Waals surface area contributed by atoms with Crippen molar-refractivity contribution in [3.05, 3.63) is 42.1 Å². The van der Waals surface area contributed by atoms with Crippen molar-refractivity contribution in [3.63, 3.8) is 0 Å². The normalized spacial score (nSPS) is 23.1. The monoisotopic (exact) mass is 288 g/mol. The first-order valence-electron chi connectivity index (χ1n) is 7.50. The Morgan fingerprint density at radius 2 is 1.90 bits per heavy atom. The molecule has 0 amide bonds. The van der Waals surface area contributed by atoms with Gasteiger partial charge in [-0.05, 0) is 55.8 Å². The van der Waals surface area contributed by atoms with Crippen LogP contribution in [0, 0.1) is 5.92 Å². The second-order valence-electron chi connectivity index (χ2n) is 5.74. The van der Waals surface area contributed by atoms with E-state index in [0.29, 0.717) is 5.38 Å². The molecule has 1 fully saturated rings. The summed E-state index contributed by atoms with van der Waals surface area (Å²) in [5.41, 5.74) is 2.41. The predicted molar refractivity (Wildman–Crippen MR) is 85.0 cm³/mol. The van der Waals surface area contributed by atoms with E-state index in [9.17, 15) is 0 Å². The summed E-state index contributed by atoms with van der Waals surface area (Å²) in [7, 11) is 0. The zero-order valence-electron chi connectivity index (χ0n) is 11.7. The zero-order chi connectivity index (χ0) is 13.8. The third-order valence-corrected chi connectivity index (χ3v) is 4.70. The van der Waals surface area contributed by atoms with E-state index in [1.807, 2.05) is 12.3 Å². The number of hydrogen-bond donors (Lipinski definition) is 1. The molecule has 0 unspecified atom stereocenters. The van der Waals surface area contributed by atoms with Gasteiger partial charge < -0.3 is 5.32 Å². The van der Waals surface area contributed by atoms with Gasteiger partial charge in [-0.3, -0.25) is 4.98 Å². The van der Waals surface area contributed by atoms with Crippen LogP contribution in [0.15, 0.2) is 36.5 Å². The van der Waals surface area contributed by atoms with Gasteiger partial charge in [0.1, 0.15) is 0 Å². The van der Waals surface area contributed by atoms with E-state index < -0.39 is 0 Å². The van der Waals surface area contributed by atoms with Gasteiger partial charge in [0.2, 0.25) is 0 Å². The molecule has 1 aliphatic rings. The average Bonchev–Trinajstić information content (AvgIpc) is 2.49. The lowest BCUT2D eigenvalue weighted by Gasteiger charge is -2.25. The summed E-state index contributed by atoms with van der Waals surface area (Å²) in [6, 6.07) is 10.5. The summed E-state index contributed by atoms with van der Waals surface area (Å²) in [6.07, 6.45) is 6.77. The molecule has 0 saturated heterocycles. The van der Waals surface area contributed by atoms with E-state index in [1.165, 1.54) is 36.6 Å². The lowest BCUT2D eigenvalue weighted by atomic mass is 9.89. The fraction of sp³-hybridized carbons (Fsp3) is 0.471. The molecular formula is C17H21ClN2. The molecule has 1 N–H and O–H groups in total. The van der Waals surface area contributed by atoms with Gasteiger partial charge in [0.15, 0.2) is 0 Å². The van der Waals surface area contributed by atoms with Crippen molar-refractivity contribution in [3.8, 4) is 0 Å². The molecule has 3 heteroatoms. The standard InChI is InChI=1S/C17H21ClN2/c18-15-7-5-13(6-8-15)11-19-12-14-9-10-20-17-4-2-1-3-16(14)17/h1-4,9-10,13,15,19H,5-8,11-12H2. The molecule has 0 aliphatic heterocycles. The summed E-state index contributed by atoms with van der Waals surface area (Å²) < 4.78 is 0. The molecule has 0 radical (unpaired) electrons. The number of halogens is 1. The molecule has 1 heterocycles. The highest BCUT2D eigenvalue weighted by molar-refractivity contribution is 6.20. The Balaban J connectivity index is 1.57. The van der Waals surface area contributed by atoms with Gasteiger partial charge in [-0.1, -0.05) is 18.2 Å². The SMILES string of the molecule is ClC1CCC(CNCc2ccnc3ccccc23)CC1. The zero-order valence-corrected chi connectivity index (χ0v) is 12.4. The lowest BCUT2D eigenvalue weighted by Crippen LogP contribution is -2.26. The maximum Gasteiger partial charge on any atom is 0.0705 e. The summed E-state index contributed by atoms with van der Waals surface area (Å²) in [4.78, 5) is 4.41. The number of fused-ring (bicyclic) bond motifs is 1. The molecule has 3 rings (SSSR count). The van der Waals surface area contributed by atoms with Gasteiger partial charge in [-0.2, -0.15) is 0 Å². The van der Waals surface area contributed by atoms with Crippen LogP contribution < -0.4 is 5.32 Å². The molecule has 2 aromatic rings. The average molecular weight is 289 g/mol. The molecule has 0 spiro atoms. The largest absolute Gasteiger partial charge is 0.312 e. The van der Waals surface area contributed by atoms with Gasteiger partial charge in [0.05, 0.1) is 5.52 Å². The highest BCUT2D eigenvalue weighted by Crippen LogP contribution is 2.27. The number of aromatic nitrogens is 1. The van der Waals surface area contributed by atoms with Crippen LogP contribution in [0.5, 0.6) is 0 Å². The topological polar surface area (TPSA) is 24.9 Å². The second kappa shape index (κ2) is 6.55. The lowest BCUT2D eigenvalue weighted by molar-refractivity contribution is 0.346. The fourth-order valence-electron chi connectivity index (χ4n) is 3.05. The summed E-state index contributed by atoms with van der Waals surface area (Å²) >= 11 is 6.15. The first-order valence-corrected chi connectivity index (χ1v) is 7.94. The first-order chi connectivity index (χ1) is 9.83. The van der Waals surface area contributed by atoms with E-state index >= 15 is 0 Å². The van der Waals surface area contributed by atoms with Gasteiger partial charge in [-0.25, -0.2) is 0 Å². The fourth-order valence-corrected chi connectivity index (χ4v) is 3.30. The summed E-state index contributed by atoms with van der Waals surface area (Å²) in [6.45, 7) is 2.02. The van der Waals surface area contributed by atoms with Crippen molar-refractivity contribution in [2.24, 2.45) is 5.92 Å². The highest BCUT2D eigenvalue weighted by Gasteiger charge is 2.18. The quantitative estimate of drug-likeness (QED) is 0.856. The Bertz CT molecular complexity index is 556. The number of benzene rings is 1. The van der Waals surface area contributed by atoms with Crippen molar-refractivity contribution >= 4 is 22.5 Å². The summed E-state index contributed by atoms with van der Waals surface area (Å²) in [5.74, 6) is 0.790. The van der Waals surface area contributed by atoms with Gasteiger partial charge in [0.25, 0.3) is 0 Å². The number of pyridine rings is 1. The van der Waals surface area contributed by atoms with Crippen molar-refractivity contribution in [2.45, 2.75) is 37.6 Å². The third kappa shape index (κ3) is 3.31. The molecular weight excluding hydrogens is 268 g/mol. The minimum atomic E-state index is 0.412. The number of rotatable bonds is 4. The van der Waals surface area contributed by atoms with Crippen LogP contribution in [0.3, 0.4) is 0 Å². The predicted octanol–water partition coefficient (Wildman–Crippen LogP) is 4.12. The van der Waals surface area contributed by atoms with E-state index in [0.717, 1.165) is 24.5 Å². The molecule has 0 atom stereocenters. The smallest absolute Gasteiger partial charge is 0.0705 e. The Labute approximate surface area is 125 Å². The van der Waals surface area contributed by atoms with Crippen LogP contribution in [0.4, 0.5) is 0 Å². The maximum atomic E-state index is 6.15. The molecule has 2 nitrogen and oxygen atoms in total. The Morgan fingerprint density at radius 1 is 1.10 bits per heavy atom. The minimum Gasteiger partial charge on any atom is -0.312 e. The number of para-hydroxylation sites is 1. The van der Waals surface area contributed by atoms with Crippen LogP contribution in [0.25, 0.3) is 10.9 Å². The van der Waals surface area contributed by atoms with Crippen LogP contribution in [0.1, 0.15) is 31.2 Å². The maximum absolute atomic E-state index is 6.15. The van der Waals surface area contributed by atoms with Gasteiger partial charge in [-0.15, -0.1) is 11.6 Å². The molecule has 1 aromatic carbocycles. The van der Waals surface area contributed by atoms with Crippen LogP contribution >= 0.6 is 11.6 Å². The number of nitrogens with one attached hydrogen (secondary N) is 1. The molecule has 106 valence electrons. The molecule has 1 saturated carbocycles. The second-order valence-corrected chi connectivity index (χ2v) is 6.35. The van der Waals surface area contributed by atoms with Crippen molar-refractivity contribution in [2.75, 3.05) is 6.54 Å². The van der Waals surface area contributed by atoms with Gasteiger partial charge in [0, 0.05) is 23.5 Å². The van der Waals surface area contributed by atoms with Crippen molar-refractivity contribution in [1.29, 1.82) is 0 Å². The Kier molecular flexibility index (Phi) is 4.54. The van der Waals surface area contributed by atoms with Crippen LogP contribution in [0.2, 0.25) is 0 Å². The minimum absolute atomic E-state index is 0.412. The van der Waals surface area contributed by atoms with Gasteiger partial charge >= 0.3 is 0 Å². The molecule has 1 aliphatic carbocycles. The van der Waals surface area contributed by atoms with E-state index in [2.05, 4.69) is 34.6 Å². The molecule has 20 heavy (non-hydrogen) atoms. The number of alkyl halides is 1. The number of nitrogens with zero attached hydrogens (tertiary/aromatic N) is 1. The Hall–Kier alpha value is -1.12. The van der Waals surface area contributed by atoms with E-state index in [1.54, 1.807) is 0 Å².